The number of hydrogen-bond donors (Lipinski definition) is 1. The Morgan fingerprint density at radius 1 is 1.25 bits per heavy atom. The van der Waals surface area contributed by atoms with Crippen LogP contribution in [0.1, 0.15) is 42.6 Å². The summed E-state index contributed by atoms with van der Waals surface area (Å²) in [5.41, 5.74) is 3.84. The van der Waals surface area contributed by atoms with Crippen molar-refractivity contribution in [3.8, 4) is 11.3 Å². The molecule has 1 atom stereocenters. The summed E-state index contributed by atoms with van der Waals surface area (Å²) in [5, 5.41) is 3.03. The van der Waals surface area contributed by atoms with E-state index < -0.39 is 0 Å². The smallest absolute Gasteiger partial charge is 0.414 e. The lowest BCUT2D eigenvalue weighted by Crippen LogP contribution is -2.37. The Hall–Kier alpha value is -2.89. The quantitative estimate of drug-likeness (QED) is 0.854. The number of nitrogens with one attached hydrogen (secondary N) is 1. The van der Waals surface area contributed by atoms with Crippen molar-refractivity contribution in [2.45, 2.75) is 45.7 Å². The number of nitrogens with zero attached hydrogens (tertiary/aromatic N) is 2. The molecule has 4 rings (SSSR count). The number of carbonyl (C=O) groups excluding carboxylic acids is 2. The van der Waals surface area contributed by atoms with E-state index in [2.05, 4.69) is 24.1 Å². The number of pyridine rings is 1. The van der Waals surface area contributed by atoms with Crippen molar-refractivity contribution >= 4 is 17.7 Å². The monoisotopic (exact) mass is 379 g/mol. The summed E-state index contributed by atoms with van der Waals surface area (Å²) < 4.78 is 5.30. The van der Waals surface area contributed by atoms with Gasteiger partial charge in [-0.15, -0.1) is 0 Å². The summed E-state index contributed by atoms with van der Waals surface area (Å²) in [6.07, 6.45) is 3.46. The third kappa shape index (κ3) is 3.72. The minimum atomic E-state index is -0.374. The molecule has 1 saturated heterocycles. The van der Waals surface area contributed by atoms with Crippen LogP contribution in [0.3, 0.4) is 0 Å². The second-order valence-corrected chi connectivity index (χ2v) is 8.00. The average Bonchev–Trinajstić information content (AvgIpc) is 3.40. The number of ether oxygens (including phenoxy) is 1. The molecule has 2 fully saturated rings. The number of rotatable bonds is 5. The SMILES string of the molecule is Cc1ccc(-c2cc(C(=O)NC3CC3)cc(N3C(=O)OCC3C(C)C)c2)nc1. The van der Waals surface area contributed by atoms with Gasteiger partial charge in [-0.25, -0.2) is 4.79 Å². The molecule has 1 N–H and O–H groups in total. The van der Waals surface area contributed by atoms with Gasteiger partial charge < -0.3 is 10.1 Å². The molecule has 1 aromatic carbocycles. The number of cyclic esters (lactones) is 1. The summed E-state index contributed by atoms with van der Waals surface area (Å²) >= 11 is 0. The lowest BCUT2D eigenvalue weighted by Gasteiger charge is -2.25. The molecule has 6 nitrogen and oxygen atoms in total. The maximum atomic E-state index is 12.7. The van der Waals surface area contributed by atoms with Crippen LogP contribution in [0.2, 0.25) is 0 Å². The van der Waals surface area contributed by atoms with Crippen molar-refractivity contribution in [2.75, 3.05) is 11.5 Å². The molecule has 28 heavy (non-hydrogen) atoms. The largest absolute Gasteiger partial charge is 0.447 e. The fourth-order valence-electron chi connectivity index (χ4n) is 3.39. The Balaban J connectivity index is 1.78. The topological polar surface area (TPSA) is 71.5 Å². The molecule has 2 aromatic rings. The van der Waals surface area contributed by atoms with Crippen LogP contribution < -0.4 is 10.2 Å². The second-order valence-electron chi connectivity index (χ2n) is 8.00. The summed E-state index contributed by atoms with van der Waals surface area (Å²) in [6.45, 7) is 6.46. The molecule has 1 aliphatic heterocycles. The van der Waals surface area contributed by atoms with Crippen LogP contribution in [-0.4, -0.2) is 35.7 Å². The standard InChI is InChI=1S/C22H25N3O3/c1-13(2)20-12-28-22(27)25(20)18-9-15(19-7-4-14(3)11-23-19)8-16(10-18)21(26)24-17-5-6-17/h4,7-11,13,17,20H,5-6,12H2,1-3H3,(H,24,26). The first-order chi connectivity index (χ1) is 13.4. The van der Waals surface area contributed by atoms with Crippen LogP contribution in [0.5, 0.6) is 0 Å². The highest BCUT2D eigenvalue weighted by atomic mass is 16.6. The van der Waals surface area contributed by atoms with Gasteiger partial charge in [0.25, 0.3) is 5.91 Å². The summed E-state index contributed by atoms with van der Waals surface area (Å²) in [6, 6.07) is 9.64. The Morgan fingerprint density at radius 3 is 2.68 bits per heavy atom. The third-order valence-electron chi connectivity index (χ3n) is 5.25. The van der Waals surface area contributed by atoms with E-state index in [0.717, 1.165) is 29.7 Å². The molecular formula is C22H25N3O3. The summed E-state index contributed by atoms with van der Waals surface area (Å²) in [7, 11) is 0. The first-order valence-corrected chi connectivity index (χ1v) is 9.77. The number of aryl methyl sites for hydroxylation is 1. The fourth-order valence-corrected chi connectivity index (χ4v) is 3.39. The zero-order valence-electron chi connectivity index (χ0n) is 16.4. The molecule has 146 valence electrons. The maximum Gasteiger partial charge on any atom is 0.414 e. The van der Waals surface area contributed by atoms with E-state index in [4.69, 9.17) is 4.74 Å². The van der Waals surface area contributed by atoms with Gasteiger partial charge in [0.1, 0.15) is 6.61 Å². The van der Waals surface area contributed by atoms with Crippen molar-refractivity contribution in [1.29, 1.82) is 0 Å². The number of benzene rings is 1. The molecule has 6 heteroatoms. The molecule has 2 heterocycles. The highest BCUT2D eigenvalue weighted by Crippen LogP contribution is 2.32. The molecule has 1 unspecified atom stereocenters. The molecule has 2 amide bonds. The van der Waals surface area contributed by atoms with Gasteiger partial charge >= 0.3 is 6.09 Å². The third-order valence-corrected chi connectivity index (χ3v) is 5.25. The Morgan fingerprint density at radius 2 is 2.04 bits per heavy atom. The summed E-state index contributed by atoms with van der Waals surface area (Å²) in [5.74, 6) is 0.114. The van der Waals surface area contributed by atoms with E-state index in [0.29, 0.717) is 17.9 Å². The number of hydrogen-bond acceptors (Lipinski definition) is 4. The van der Waals surface area contributed by atoms with E-state index in [9.17, 15) is 9.59 Å². The van der Waals surface area contributed by atoms with Crippen molar-refractivity contribution in [1.82, 2.24) is 10.3 Å². The van der Waals surface area contributed by atoms with Crippen LogP contribution in [-0.2, 0) is 4.74 Å². The van der Waals surface area contributed by atoms with E-state index in [1.807, 2.05) is 31.2 Å². The maximum absolute atomic E-state index is 12.7. The van der Waals surface area contributed by atoms with Gasteiger partial charge in [0, 0.05) is 29.1 Å². The zero-order valence-corrected chi connectivity index (χ0v) is 16.4. The molecule has 1 aliphatic carbocycles. The van der Waals surface area contributed by atoms with Crippen molar-refractivity contribution in [3.05, 3.63) is 47.7 Å². The fraction of sp³-hybridized carbons (Fsp3) is 0.409. The predicted octanol–water partition coefficient (Wildman–Crippen LogP) is 3.93. The lowest BCUT2D eigenvalue weighted by atomic mass is 10.0. The minimum Gasteiger partial charge on any atom is -0.447 e. The van der Waals surface area contributed by atoms with E-state index in [-0.39, 0.29) is 30.0 Å². The second kappa shape index (κ2) is 7.26. The Bertz CT molecular complexity index is 904. The highest BCUT2D eigenvalue weighted by molar-refractivity contribution is 5.99. The predicted molar refractivity (Wildman–Crippen MR) is 107 cm³/mol. The number of amides is 2. The van der Waals surface area contributed by atoms with Crippen LogP contribution in [0.15, 0.2) is 36.5 Å². The van der Waals surface area contributed by atoms with Crippen LogP contribution >= 0.6 is 0 Å². The van der Waals surface area contributed by atoms with Crippen molar-refractivity contribution in [2.24, 2.45) is 5.92 Å². The molecular weight excluding hydrogens is 354 g/mol. The van der Waals surface area contributed by atoms with Crippen molar-refractivity contribution < 1.29 is 14.3 Å². The summed E-state index contributed by atoms with van der Waals surface area (Å²) in [4.78, 5) is 31.3. The van der Waals surface area contributed by atoms with Gasteiger partial charge in [-0.3, -0.25) is 14.7 Å². The van der Waals surface area contributed by atoms with Gasteiger partial charge in [0.15, 0.2) is 0 Å². The normalized spacial score (nSPS) is 19.1. The van der Waals surface area contributed by atoms with Crippen LogP contribution in [0, 0.1) is 12.8 Å². The van der Waals surface area contributed by atoms with Crippen LogP contribution in [0.25, 0.3) is 11.3 Å². The van der Waals surface area contributed by atoms with E-state index in [1.54, 1.807) is 17.2 Å². The lowest BCUT2D eigenvalue weighted by molar-refractivity contribution is 0.0951. The number of aromatic nitrogens is 1. The Kier molecular flexibility index (Phi) is 4.79. The molecule has 0 radical (unpaired) electrons. The van der Waals surface area contributed by atoms with Crippen LogP contribution in [0.4, 0.5) is 10.5 Å². The molecule has 0 bridgehead atoms. The van der Waals surface area contributed by atoms with Gasteiger partial charge in [0.2, 0.25) is 0 Å². The minimum absolute atomic E-state index is 0.0620. The number of anilines is 1. The zero-order chi connectivity index (χ0) is 19.8. The average molecular weight is 379 g/mol. The van der Waals surface area contributed by atoms with Gasteiger partial charge in [0.05, 0.1) is 11.7 Å². The molecule has 1 saturated carbocycles. The first kappa shape index (κ1) is 18.5. The molecule has 2 aliphatic rings. The van der Waals surface area contributed by atoms with Gasteiger partial charge in [-0.05, 0) is 55.5 Å². The first-order valence-electron chi connectivity index (χ1n) is 9.77. The highest BCUT2D eigenvalue weighted by Gasteiger charge is 2.36. The van der Waals surface area contributed by atoms with Gasteiger partial charge in [-0.1, -0.05) is 19.9 Å². The van der Waals surface area contributed by atoms with E-state index in [1.165, 1.54) is 0 Å². The van der Waals surface area contributed by atoms with E-state index >= 15 is 0 Å². The molecule has 1 aromatic heterocycles. The Labute approximate surface area is 164 Å². The van der Waals surface area contributed by atoms with Gasteiger partial charge in [-0.2, -0.15) is 0 Å². The van der Waals surface area contributed by atoms with Crippen molar-refractivity contribution in [3.63, 3.8) is 0 Å². The number of carbonyl (C=O) groups is 2. The molecule has 0 spiro atoms.